The highest BCUT2D eigenvalue weighted by Crippen LogP contribution is 2.25. The molecule has 0 aromatic rings. The second kappa shape index (κ2) is 5.22. The van der Waals surface area contributed by atoms with Crippen LogP contribution in [0.5, 0.6) is 0 Å². The molecule has 0 aromatic carbocycles. The summed E-state index contributed by atoms with van der Waals surface area (Å²) in [5, 5.41) is 2.82. The third kappa shape index (κ3) is 3.35. The summed E-state index contributed by atoms with van der Waals surface area (Å²) < 4.78 is 0. The van der Waals surface area contributed by atoms with Crippen LogP contribution < -0.4 is 11.1 Å². The van der Waals surface area contributed by atoms with Gasteiger partial charge in [-0.3, -0.25) is 4.79 Å². The molecule has 1 saturated carbocycles. The molecule has 2 atom stereocenters. The van der Waals surface area contributed by atoms with E-state index in [2.05, 4.69) is 5.32 Å². The van der Waals surface area contributed by atoms with Crippen molar-refractivity contribution in [1.29, 1.82) is 0 Å². The number of carbonyl (C=O) groups excluding carboxylic acids is 1. The molecule has 0 spiro atoms. The fraction of sp³-hybridized carbons (Fsp3) is 0.900. The number of hydrogen-bond acceptors (Lipinski definition) is 2. The number of carbonyl (C=O) groups is 1. The van der Waals surface area contributed by atoms with Crippen molar-refractivity contribution in [2.75, 3.05) is 6.54 Å². The summed E-state index contributed by atoms with van der Waals surface area (Å²) >= 11 is 0. The van der Waals surface area contributed by atoms with Crippen LogP contribution in [0.3, 0.4) is 0 Å². The topological polar surface area (TPSA) is 55.1 Å². The highest BCUT2D eigenvalue weighted by molar-refractivity contribution is 5.76. The van der Waals surface area contributed by atoms with Crippen molar-refractivity contribution in [1.82, 2.24) is 5.32 Å². The predicted octanol–water partition coefficient (Wildman–Crippen LogP) is 1.03. The SMILES string of the molecule is CCNC(=O)CC1CCCCC1N. The lowest BCUT2D eigenvalue weighted by Gasteiger charge is -2.27. The van der Waals surface area contributed by atoms with Crippen molar-refractivity contribution in [3.8, 4) is 0 Å². The first kappa shape index (κ1) is 10.5. The number of nitrogens with one attached hydrogen (secondary N) is 1. The Balaban J connectivity index is 2.29. The second-order valence-corrected chi connectivity index (χ2v) is 3.87. The summed E-state index contributed by atoms with van der Waals surface area (Å²) in [6, 6.07) is 0.247. The molecule has 0 aromatic heterocycles. The molecule has 76 valence electrons. The van der Waals surface area contributed by atoms with Gasteiger partial charge in [-0.25, -0.2) is 0 Å². The Hall–Kier alpha value is -0.570. The summed E-state index contributed by atoms with van der Waals surface area (Å²) in [6.45, 7) is 2.67. The molecule has 1 amide bonds. The van der Waals surface area contributed by atoms with Crippen molar-refractivity contribution in [2.45, 2.75) is 45.1 Å². The molecule has 0 heterocycles. The molecule has 3 heteroatoms. The van der Waals surface area contributed by atoms with E-state index < -0.39 is 0 Å². The van der Waals surface area contributed by atoms with Gasteiger partial charge in [0.1, 0.15) is 0 Å². The van der Waals surface area contributed by atoms with Crippen molar-refractivity contribution in [3.05, 3.63) is 0 Å². The molecule has 3 nitrogen and oxygen atoms in total. The highest BCUT2D eigenvalue weighted by atomic mass is 16.1. The van der Waals surface area contributed by atoms with E-state index >= 15 is 0 Å². The van der Waals surface area contributed by atoms with Gasteiger partial charge < -0.3 is 11.1 Å². The van der Waals surface area contributed by atoms with Gasteiger partial charge in [0.15, 0.2) is 0 Å². The maximum atomic E-state index is 11.3. The summed E-state index contributed by atoms with van der Waals surface area (Å²) in [5.41, 5.74) is 5.94. The van der Waals surface area contributed by atoms with Crippen molar-refractivity contribution < 1.29 is 4.79 Å². The van der Waals surface area contributed by atoms with E-state index in [9.17, 15) is 4.79 Å². The zero-order valence-corrected chi connectivity index (χ0v) is 8.38. The van der Waals surface area contributed by atoms with Gasteiger partial charge in [-0.15, -0.1) is 0 Å². The molecule has 1 fully saturated rings. The molecule has 1 aliphatic rings. The van der Waals surface area contributed by atoms with Gasteiger partial charge in [-0.05, 0) is 25.7 Å². The van der Waals surface area contributed by atoms with Crippen LogP contribution in [0.1, 0.15) is 39.0 Å². The Kier molecular flexibility index (Phi) is 4.22. The number of nitrogens with two attached hydrogens (primary N) is 1. The minimum atomic E-state index is 0.157. The lowest BCUT2D eigenvalue weighted by Crippen LogP contribution is -2.37. The lowest BCUT2D eigenvalue weighted by molar-refractivity contribution is -0.122. The number of amides is 1. The first-order valence-electron chi connectivity index (χ1n) is 5.26. The van der Waals surface area contributed by atoms with E-state index in [1.165, 1.54) is 12.8 Å². The van der Waals surface area contributed by atoms with Gasteiger partial charge in [0.25, 0.3) is 0 Å². The first-order valence-corrected chi connectivity index (χ1v) is 5.26. The monoisotopic (exact) mass is 184 g/mol. The zero-order chi connectivity index (χ0) is 9.68. The third-order valence-corrected chi connectivity index (χ3v) is 2.79. The highest BCUT2D eigenvalue weighted by Gasteiger charge is 2.23. The normalized spacial score (nSPS) is 28.5. The van der Waals surface area contributed by atoms with Crippen molar-refractivity contribution in [3.63, 3.8) is 0 Å². The number of hydrogen-bond donors (Lipinski definition) is 2. The van der Waals surface area contributed by atoms with E-state index in [-0.39, 0.29) is 11.9 Å². The summed E-state index contributed by atoms with van der Waals surface area (Å²) in [7, 11) is 0. The fourth-order valence-electron chi connectivity index (χ4n) is 2.00. The predicted molar refractivity (Wildman–Crippen MR) is 53.2 cm³/mol. The maximum Gasteiger partial charge on any atom is 0.220 e. The zero-order valence-electron chi connectivity index (χ0n) is 8.38. The lowest BCUT2D eigenvalue weighted by atomic mass is 9.83. The van der Waals surface area contributed by atoms with Crippen LogP contribution in [0.15, 0.2) is 0 Å². The van der Waals surface area contributed by atoms with Crippen LogP contribution in [0.4, 0.5) is 0 Å². The first-order chi connectivity index (χ1) is 6.24. The van der Waals surface area contributed by atoms with Gasteiger partial charge in [0.05, 0.1) is 0 Å². The molecule has 1 rings (SSSR count). The Morgan fingerprint density at radius 2 is 2.15 bits per heavy atom. The second-order valence-electron chi connectivity index (χ2n) is 3.87. The van der Waals surface area contributed by atoms with Crippen molar-refractivity contribution >= 4 is 5.91 Å². The molecule has 3 N–H and O–H groups in total. The van der Waals surface area contributed by atoms with Crippen LogP contribution in [-0.4, -0.2) is 18.5 Å². The summed E-state index contributed by atoms with van der Waals surface area (Å²) in [5.74, 6) is 0.574. The third-order valence-electron chi connectivity index (χ3n) is 2.79. The van der Waals surface area contributed by atoms with Crippen LogP contribution in [0.2, 0.25) is 0 Å². The minimum Gasteiger partial charge on any atom is -0.356 e. The fourth-order valence-corrected chi connectivity index (χ4v) is 2.00. The molecule has 0 saturated heterocycles. The van der Waals surface area contributed by atoms with E-state index in [0.717, 1.165) is 19.4 Å². The maximum absolute atomic E-state index is 11.3. The van der Waals surface area contributed by atoms with Crippen LogP contribution in [-0.2, 0) is 4.79 Å². The van der Waals surface area contributed by atoms with Gasteiger partial charge in [0.2, 0.25) is 5.91 Å². The van der Waals surface area contributed by atoms with E-state index in [0.29, 0.717) is 12.3 Å². The molecule has 2 unspecified atom stereocenters. The van der Waals surface area contributed by atoms with Crippen LogP contribution >= 0.6 is 0 Å². The molecule has 0 bridgehead atoms. The molecule has 0 radical (unpaired) electrons. The van der Waals surface area contributed by atoms with Gasteiger partial charge in [-0.1, -0.05) is 12.8 Å². The van der Waals surface area contributed by atoms with Gasteiger partial charge >= 0.3 is 0 Å². The average Bonchev–Trinajstić information content (AvgIpc) is 2.09. The van der Waals surface area contributed by atoms with Gasteiger partial charge in [0, 0.05) is 19.0 Å². The van der Waals surface area contributed by atoms with E-state index in [1.54, 1.807) is 0 Å². The minimum absolute atomic E-state index is 0.157. The molecule has 13 heavy (non-hydrogen) atoms. The largest absolute Gasteiger partial charge is 0.356 e. The Bertz CT molecular complexity index is 170. The molecule has 0 aliphatic heterocycles. The van der Waals surface area contributed by atoms with E-state index in [1.807, 2.05) is 6.92 Å². The van der Waals surface area contributed by atoms with Crippen LogP contribution in [0, 0.1) is 5.92 Å². The standard InChI is InChI=1S/C10H20N2O/c1-2-12-10(13)7-8-5-3-4-6-9(8)11/h8-9H,2-7,11H2,1H3,(H,12,13). The van der Waals surface area contributed by atoms with Gasteiger partial charge in [-0.2, -0.15) is 0 Å². The summed E-state index contributed by atoms with van der Waals surface area (Å²) in [6.07, 6.45) is 5.29. The average molecular weight is 184 g/mol. The quantitative estimate of drug-likeness (QED) is 0.688. The smallest absolute Gasteiger partial charge is 0.220 e. The number of rotatable bonds is 3. The van der Waals surface area contributed by atoms with E-state index in [4.69, 9.17) is 5.73 Å². The Morgan fingerprint density at radius 3 is 2.77 bits per heavy atom. The summed E-state index contributed by atoms with van der Waals surface area (Å²) in [4.78, 5) is 11.3. The molecular weight excluding hydrogens is 164 g/mol. The van der Waals surface area contributed by atoms with Crippen molar-refractivity contribution in [2.24, 2.45) is 11.7 Å². The Labute approximate surface area is 80.1 Å². The Morgan fingerprint density at radius 1 is 1.46 bits per heavy atom. The molecule has 1 aliphatic carbocycles. The van der Waals surface area contributed by atoms with Crippen LogP contribution in [0.25, 0.3) is 0 Å². The molecular formula is C10H20N2O.